The van der Waals surface area contributed by atoms with Crippen LogP contribution in [0.4, 0.5) is 0 Å². The lowest BCUT2D eigenvalue weighted by atomic mass is 9.42. The van der Waals surface area contributed by atoms with Gasteiger partial charge in [-0.15, -0.1) is 0 Å². The second-order valence-electron chi connectivity index (χ2n) is 13.5. The summed E-state index contributed by atoms with van der Waals surface area (Å²) in [5.41, 5.74) is -1.21. The Morgan fingerprint density at radius 2 is 1.74 bits per heavy atom. The van der Waals surface area contributed by atoms with Crippen LogP contribution < -0.4 is 0 Å². The number of fused-ring (bicyclic) bond motifs is 5. The first-order chi connectivity index (χ1) is 16.3. The Labute approximate surface area is 212 Å². The Morgan fingerprint density at radius 3 is 2.43 bits per heavy atom. The maximum absolute atomic E-state index is 11.7. The molecule has 4 aliphatic carbocycles. The molecule has 4 saturated carbocycles. The summed E-state index contributed by atoms with van der Waals surface area (Å²) in [6, 6.07) is 0. The number of aliphatic hydroxyl groups is 3. The zero-order valence-electron chi connectivity index (χ0n) is 22.9. The maximum atomic E-state index is 11.7. The van der Waals surface area contributed by atoms with Crippen LogP contribution in [0, 0.1) is 52.3 Å². The fraction of sp³-hybridized carbons (Fsp3) is 0.900. The SMILES string of the molecule is CC(=O)OCC(C)[C@@H](C)/C=C/[C@@H](C)[C@H]1CC[C@H]2[C@@H]3C[C@@H](O)[C@@]4(O)C[C@@H](O)CC[C@]4(C)[C@H]3CC[C@]12C. The van der Waals surface area contributed by atoms with Crippen molar-refractivity contribution in [2.24, 2.45) is 52.3 Å². The van der Waals surface area contributed by atoms with E-state index in [1.54, 1.807) is 0 Å². The maximum Gasteiger partial charge on any atom is 0.302 e. The number of hydrogen-bond donors (Lipinski definition) is 3. The highest BCUT2D eigenvalue weighted by atomic mass is 16.5. The predicted octanol–water partition coefficient (Wildman–Crippen LogP) is 5.12. The van der Waals surface area contributed by atoms with E-state index < -0.39 is 17.8 Å². The molecule has 0 aromatic heterocycles. The van der Waals surface area contributed by atoms with E-state index in [-0.39, 0.29) is 16.8 Å². The number of ether oxygens (including phenoxy) is 1. The van der Waals surface area contributed by atoms with Crippen LogP contribution in [0.2, 0.25) is 0 Å². The summed E-state index contributed by atoms with van der Waals surface area (Å²) in [4.78, 5) is 11.1. The predicted molar refractivity (Wildman–Crippen MR) is 137 cm³/mol. The van der Waals surface area contributed by atoms with Crippen LogP contribution in [0.3, 0.4) is 0 Å². The van der Waals surface area contributed by atoms with Gasteiger partial charge in [-0.3, -0.25) is 4.79 Å². The lowest BCUT2D eigenvalue weighted by Crippen LogP contribution is -2.68. The summed E-state index contributed by atoms with van der Waals surface area (Å²) < 4.78 is 5.21. The molecule has 200 valence electrons. The molecule has 0 bridgehead atoms. The number of hydrogen-bond acceptors (Lipinski definition) is 5. The highest BCUT2D eigenvalue weighted by Crippen LogP contribution is 2.69. The summed E-state index contributed by atoms with van der Waals surface area (Å²) in [5, 5.41) is 33.2. The van der Waals surface area contributed by atoms with E-state index in [9.17, 15) is 20.1 Å². The number of esters is 1. The van der Waals surface area contributed by atoms with Gasteiger partial charge in [0.15, 0.2) is 0 Å². The average molecular weight is 491 g/mol. The standard InChI is InChI=1S/C30H50O5/c1-18(20(3)17-35-21(4)31)7-8-19(2)24-9-10-25-23-15-27(33)30(34)16-22(32)11-14-29(30,6)26(23)12-13-28(24,25)5/h7-8,18-20,22-27,32-34H,9-17H2,1-6H3/b8-7+/t18-,19+,20?,22-,23-,24+,25-,26-,27+,28+,29+,30-/m0/s1. The molecule has 5 heteroatoms. The van der Waals surface area contributed by atoms with Crippen molar-refractivity contribution in [3.8, 4) is 0 Å². The molecule has 0 aliphatic heterocycles. The molecule has 4 aliphatic rings. The Hall–Kier alpha value is -0.910. The third-order valence-electron chi connectivity index (χ3n) is 11.7. The van der Waals surface area contributed by atoms with Gasteiger partial charge >= 0.3 is 5.97 Å². The van der Waals surface area contributed by atoms with Crippen molar-refractivity contribution in [2.75, 3.05) is 6.61 Å². The van der Waals surface area contributed by atoms with Gasteiger partial charge in [0, 0.05) is 18.8 Å². The number of carbonyl (C=O) groups is 1. The normalized spacial score (nSPS) is 47.9. The lowest BCUT2D eigenvalue weighted by Gasteiger charge is -2.65. The van der Waals surface area contributed by atoms with Gasteiger partial charge in [0.2, 0.25) is 0 Å². The van der Waals surface area contributed by atoms with Crippen molar-refractivity contribution in [2.45, 2.75) is 111 Å². The molecule has 0 heterocycles. The van der Waals surface area contributed by atoms with Crippen molar-refractivity contribution in [3.63, 3.8) is 0 Å². The highest BCUT2D eigenvalue weighted by Gasteiger charge is 2.67. The lowest BCUT2D eigenvalue weighted by molar-refractivity contribution is -0.264. The summed E-state index contributed by atoms with van der Waals surface area (Å²) in [6.45, 7) is 13.3. The van der Waals surface area contributed by atoms with Gasteiger partial charge < -0.3 is 20.1 Å². The molecule has 0 aromatic carbocycles. The minimum atomic E-state index is -1.16. The first-order valence-corrected chi connectivity index (χ1v) is 14.2. The molecule has 1 unspecified atom stereocenters. The topological polar surface area (TPSA) is 87.0 Å². The second-order valence-corrected chi connectivity index (χ2v) is 13.5. The third-order valence-corrected chi connectivity index (χ3v) is 11.7. The Kier molecular flexibility index (Phi) is 7.57. The van der Waals surface area contributed by atoms with Crippen LogP contribution >= 0.6 is 0 Å². The molecule has 0 radical (unpaired) electrons. The molecule has 5 nitrogen and oxygen atoms in total. The quantitative estimate of drug-likeness (QED) is 0.355. The minimum absolute atomic E-state index is 0.216. The Morgan fingerprint density at radius 1 is 1.03 bits per heavy atom. The third kappa shape index (κ3) is 4.52. The molecule has 0 spiro atoms. The average Bonchev–Trinajstić information content (AvgIpc) is 3.15. The molecule has 0 amide bonds. The Bertz CT molecular complexity index is 811. The second kappa shape index (κ2) is 9.76. The van der Waals surface area contributed by atoms with E-state index in [0.29, 0.717) is 60.9 Å². The monoisotopic (exact) mass is 490 g/mol. The first-order valence-electron chi connectivity index (χ1n) is 14.2. The molecule has 0 aromatic rings. The van der Waals surface area contributed by atoms with E-state index >= 15 is 0 Å². The number of carbonyl (C=O) groups excluding carboxylic acids is 1. The molecule has 12 atom stereocenters. The van der Waals surface area contributed by atoms with Gasteiger partial charge in [0.1, 0.15) is 0 Å². The van der Waals surface area contributed by atoms with E-state index in [1.807, 2.05) is 0 Å². The molecular formula is C30H50O5. The zero-order valence-corrected chi connectivity index (χ0v) is 22.9. The van der Waals surface area contributed by atoms with Crippen molar-refractivity contribution in [3.05, 3.63) is 12.2 Å². The largest absolute Gasteiger partial charge is 0.466 e. The van der Waals surface area contributed by atoms with Gasteiger partial charge in [-0.2, -0.15) is 0 Å². The van der Waals surface area contributed by atoms with Crippen molar-refractivity contribution in [1.29, 1.82) is 0 Å². The number of rotatable bonds is 6. The van der Waals surface area contributed by atoms with Gasteiger partial charge in [-0.25, -0.2) is 0 Å². The molecule has 4 fully saturated rings. The van der Waals surface area contributed by atoms with E-state index in [0.717, 1.165) is 19.3 Å². The number of aliphatic hydroxyl groups excluding tert-OH is 2. The van der Waals surface area contributed by atoms with E-state index in [1.165, 1.54) is 26.2 Å². The van der Waals surface area contributed by atoms with Crippen LogP contribution in [0.5, 0.6) is 0 Å². The highest BCUT2D eigenvalue weighted by molar-refractivity contribution is 5.65. The van der Waals surface area contributed by atoms with Crippen LogP contribution in [-0.4, -0.2) is 45.7 Å². The van der Waals surface area contributed by atoms with Crippen LogP contribution in [0.15, 0.2) is 12.2 Å². The molecule has 0 saturated heterocycles. The smallest absolute Gasteiger partial charge is 0.302 e. The summed E-state index contributed by atoms with van der Waals surface area (Å²) in [6.07, 6.45) is 10.7. The van der Waals surface area contributed by atoms with Crippen molar-refractivity contribution >= 4 is 5.97 Å². The van der Waals surface area contributed by atoms with Crippen LogP contribution in [0.1, 0.15) is 92.9 Å². The van der Waals surface area contributed by atoms with E-state index in [2.05, 4.69) is 46.8 Å². The fourth-order valence-corrected chi connectivity index (χ4v) is 9.24. The van der Waals surface area contributed by atoms with Gasteiger partial charge in [0.05, 0.1) is 24.4 Å². The van der Waals surface area contributed by atoms with Crippen molar-refractivity contribution < 1.29 is 24.9 Å². The summed E-state index contributed by atoms with van der Waals surface area (Å²) >= 11 is 0. The van der Waals surface area contributed by atoms with Gasteiger partial charge in [-0.1, -0.05) is 46.8 Å². The first kappa shape index (κ1) is 27.1. The van der Waals surface area contributed by atoms with Gasteiger partial charge in [-0.05, 0) is 91.8 Å². The summed E-state index contributed by atoms with van der Waals surface area (Å²) in [7, 11) is 0. The van der Waals surface area contributed by atoms with Crippen molar-refractivity contribution in [1.82, 2.24) is 0 Å². The fourth-order valence-electron chi connectivity index (χ4n) is 9.24. The van der Waals surface area contributed by atoms with Gasteiger partial charge in [0.25, 0.3) is 0 Å². The number of allylic oxidation sites excluding steroid dienone is 2. The molecule has 4 rings (SSSR count). The molecule has 3 N–H and O–H groups in total. The van der Waals surface area contributed by atoms with Crippen LogP contribution in [0.25, 0.3) is 0 Å². The minimum Gasteiger partial charge on any atom is -0.466 e. The van der Waals surface area contributed by atoms with E-state index in [4.69, 9.17) is 4.74 Å². The zero-order chi connectivity index (χ0) is 25.8. The summed E-state index contributed by atoms with van der Waals surface area (Å²) in [5.74, 6) is 3.00. The molecule has 35 heavy (non-hydrogen) atoms. The Balaban J connectivity index is 1.47. The van der Waals surface area contributed by atoms with Crippen LogP contribution in [-0.2, 0) is 9.53 Å². The molecular weight excluding hydrogens is 440 g/mol.